The van der Waals surface area contributed by atoms with Gasteiger partial charge in [-0.3, -0.25) is 14.4 Å². The summed E-state index contributed by atoms with van der Waals surface area (Å²) in [6, 6.07) is 12.5. The van der Waals surface area contributed by atoms with Gasteiger partial charge in [-0.15, -0.1) is 0 Å². The first-order valence-corrected chi connectivity index (χ1v) is 10.7. The molecule has 2 aromatic heterocycles. The largest absolute Gasteiger partial charge is 0.465 e. The molecule has 1 N–H and O–H groups in total. The number of anilines is 1. The van der Waals surface area contributed by atoms with Crippen LogP contribution in [0.3, 0.4) is 0 Å². The van der Waals surface area contributed by atoms with Crippen molar-refractivity contribution in [2.24, 2.45) is 7.05 Å². The van der Waals surface area contributed by atoms with Gasteiger partial charge in [0.2, 0.25) is 0 Å². The summed E-state index contributed by atoms with van der Waals surface area (Å²) in [6.07, 6.45) is 3.63. The van der Waals surface area contributed by atoms with Gasteiger partial charge in [0.15, 0.2) is 0 Å². The molecular weight excluding hydrogens is 420 g/mol. The van der Waals surface area contributed by atoms with Crippen LogP contribution < -0.4 is 4.90 Å². The molecule has 0 bridgehead atoms. The molecule has 1 fully saturated rings. The lowest BCUT2D eigenvalue weighted by Crippen LogP contribution is -2.52. The minimum Gasteiger partial charge on any atom is -0.465 e. The maximum atomic E-state index is 13.7. The SMILES string of the molecule is Cc1cccnc1N(C(=O)c1ccc(-c2cnn(C)c2C#N)cc1)[C@@H]1CCCN(C(=O)O)C1. The molecule has 1 atom stereocenters. The Labute approximate surface area is 191 Å². The van der Waals surface area contributed by atoms with Gasteiger partial charge in [-0.1, -0.05) is 18.2 Å². The number of piperidine rings is 1. The fourth-order valence-corrected chi connectivity index (χ4v) is 4.22. The highest BCUT2D eigenvalue weighted by Gasteiger charge is 2.33. The molecule has 3 heterocycles. The van der Waals surface area contributed by atoms with Crippen LogP contribution in [0.2, 0.25) is 0 Å². The van der Waals surface area contributed by atoms with Gasteiger partial charge < -0.3 is 10.0 Å². The second-order valence-corrected chi connectivity index (χ2v) is 8.06. The van der Waals surface area contributed by atoms with E-state index in [-0.39, 0.29) is 18.5 Å². The van der Waals surface area contributed by atoms with E-state index in [1.165, 1.54) is 9.58 Å². The van der Waals surface area contributed by atoms with Crippen LogP contribution in [0, 0.1) is 18.3 Å². The van der Waals surface area contributed by atoms with E-state index in [0.29, 0.717) is 42.0 Å². The van der Waals surface area contributed by atoms with Crippen LogP contribution in [0.4, 0.5) is 10.6 Å². The van der Waals surface area contributed by atoms with Crippen molar-refractivity contribution < 1.29 is 14.7 Å². The Bertz CT molecular complexity index is 1230. The van der Waals surface area contributed by atoms with Crippen molar-refractivity contribution in [3.05, 3.63) is 65.6 Å². The Morgan fingerprint density at radius 3 is 2.67 bits per heavy atom. The lowest BCUT2D eigenvalue weighted by molar-refractivity contribution is 0.0941. The minimum atomic E-state index is -0.987. The number of hydrogen-bond donors (Lipinski definition) is 1. The summed E-state index contributed by atoms with van der Waals surface area (Å²) < 4.78 is 1.51. The number of nitriles is 1. The summed E-state index contributed by atoms with van der Waals surface area (Å²) in [4.78, 5) is 32.7. The fourth-order valence-electron chi connectivity index (χ4n) is 4.22. The van der Waals surface area contributed by atoms with Gasteiger partial charge in [-0.25, -0.2) is 9.78 Å². The summed E-state index contributed by atoms with van der Waals surface area (Å²) in [7, 11) is 1.71. The molecule has 168 valence electrons. The molecule has 33 heavy (non-hydrogen) atoms. The number of nitrogens with zero attached hydrogens (tertiary/aromatic N) is 6. The van der Waals surface area contributed by atoms with Gasteiger partial charge in [-0.05, 0) is 49.1 Å². The Kier molecular flexibility index (Phi) is 6.09. The number of hydrogen-bond acceptors (Lipinski definition) is 5. The molecule has 0 aliphatic carbocycles. The highest BCUT2D eigenvalue weighted by Crippen LogP contribution is 2.28. The zero-order valence-electron chi connectivity index (χ0n) is 18.5. The molecule has 0 saturated carbocycles. The molecular formula is C24H24N6O3. The quantitative estimate of drug-likeness (QED) is 0.659. The Hall–Kier alpha value is -4.19. The first-order valence-electron chi connectivity index (χ1n) is 10.7. The number of pyridine rings is 1. The second-order valence-electron chi connectivity index (χ2n) is 8.06. The zero-order chi connectivity index (χ0) is 23.5. The summed E-state index contributed by atoms with van der Waals surface area (Å²) in [6.45, 7) is 2.57. The smallest absolute Gasteiger partial charge is 0.407 e. The van der Waals surface area contributed by atoms with Gasteiger partial charge in [0.05, 0.1) is 12.2 Å². The van der Waals surface area contributed by atoms with Gasteiger partial charge in [0.1, 0.15) is 17.6 Å². The van der Waals surface area contributed by atoms with E-state index >= 15 is 0 Å². The molecule has 2 amide bonds. The third-order valence-electron chi connectivity index (χ3n) is 5.95. The number of aryl methyl sites for hydroxylation is 2. The van der Waals surface area contributed by atoms with Crippen LogP contribution in [0.15, 0.2) is 48.8 Å². The number of carbonyl (C=O) groups excluding carboxylic acids is 1. The number of carboxylic acid groups (broad SMARTS) is 1. The number of rotatable bonds is 4. The van der Waals surface area contributed by atoms with E-state index in [0.717, 1.165) is 11.1 Å². The van der Waals surface area contributed by atoms with Crippen molar-refractivity contribution in [3.63, 3.8) is 0 Å². The van der Waals surface area contributed by atoms with Crippen molar-refractivity contribution >= 4 is 17.8 Å². The molecule has 1 saturated heterocycles. The van der Waals surface area contributed by atoms with Crippen LogP contribution in [-0.2, 0) is 7.05 Å². The molecule has 1 aromatic carbocycles. The van der Waals surface area contributed by atoms with E-state index in [1.807, 2.05) is 13.0 Å². The van der Waals surface area contributed by atoms with E-state index < -0.39 is 6.09 Å². The van der Waals surface area contributed by atoms with Gasteiger partial charge >= 0.3 is 6.09 Å². The number of aromatic nitrogens is 3. The summed E-state index contributed by atoms with van der Waals surface area (Å²) >= 11 is 0. The maximum Gasteiger partial charge on any atom is 0.407 e. The van der Waals surface area contributed by atoms with Crippen LogP contribution in [0.5, 0.6) is 0 Å². The lowest BCUT2D eigenvalue weighted by Gasteiger charge is -2.38. The van der Waals surface area contributed by atoms with Crippen LogP contribution in [-0.4, -0.2) is 55.9 Å². The van der Waals surface area contributed by atoms with Crippen molar-refractivity contribution in [2.45, 2.75) is 25.8 Å². The lowest BCUT2D eigenvalue weighted by atomic mass is 10.0. The third-order valence-corrected chi connectivity index (χ3v) is 5.95. The van der Waals surface area contributed by atoms with Crippen molar-refractivity contribution in [3.8, 4) is 17.2 Å². The van der Waals surface area contributed by atoms with E-state index in [2.05, 4.69) is 16.2 Å². The van der Waals surface area contributed by atoms with E-state index in [9.17, 15) is 20.0 Å². The average molecular weight is 444 g/mol. The number of amides is 2. The number of likely N-dealkylation sites (tertiary alicyclic amines) is 1. The third kappa shape index (κ3) is 4.28. The number of carbonyl (C=O) groups is 2. The monoisotopic (exact) mass is 444 g/mol. The van der Waals surface area contributed by atoms with E-state index in [4.69, 9.17) is 0 Å². The topological polar surface area (TPSA) is 115 Å². The number of benzene rings is 1. The summed E-state index contributed by atoms with van der Waals surface area (Å²) in [5.41, 5.74) is 3.21. The fraction of sp³-hybridized carbons (Fsp3) is 0.292. The summed E-state index contributed by atoms with van der Waals surface area (Å²) in [5, 5.41) is 23.0. The minimum absolute atomic E-state index is 0.233. The van der Waals surface area contributed by atoms with Gasteiger partial charge in [0.25, 0.3) is 5.91 Å². The predicted octanol–water partition coefficient (Wildman–Crippen LogP) is 3.45. The van der Waals surface area contributed by atoms with Crippen molar-refractivity contribution in [1.29, 1.82) is 5.26 Å². The Balaban J connectivity index is 1.69. The van der Waals surface area contributed by atoms with Crippen LogP contribution >= 0.6 is 0 Å². The Morgan fingerprint density at radius 2 is 2.00 bits per heavy atom. The molecule has 9 heteroatoms. The molecule has 1 aliphatic rings. The van der Waals surface area contributed by atoms with E-state index in [1.54, 1.807) is 54.7 Å². The summed E-state index contributed by atoms with van der Waals surface area (Å²) in [5.74, 6) is 0.287. The Morgan fingerprint density at radius 1 is 1.24 bits per heavy atom. The first kappa shape index (κ1) is 22.0. The van der Waals surface area contributed by atoms with Crippen molar-refractivity contribution in [2.75, 3.05) is 18.0 Å². The molecule has 0 spiro atoms. The highest BCUT2D eigenvalue weighted by atomic mass is 16.4. The highest BCUT2D eigenvalue weighted by molar-refractivity contribution is 6.06. The first-order chi connectivity index (χ1) is 15.9. The molecule has 0 radical (unpaired) electrons. The van der Waals surface area contributed by atoms with Crippen LogP contribution in [0.25, 0.3) is 11.1 Å². The predicted molar refractivity (Wildman–Crippen MR) is 122 cm³/mol. The van der Waals surface area contributed by atoms with Gasteiger partial charge in [0, 0.05) is 37.5 Å². The van der Waals surface area contributed by atoms with Gasteiger partial charge in [-0.2, -0.15) is 10.4 Å². The zero-order valence-corrected chi connectivity index (χ0v) is 18.5. The van der Waals surface area contributed by atoms with Crippen LogP contribution in [0.1, 0.15) is 34.5 Å². The normalized spacial score (nSPS) is 15.7. The van der Waals surface area contributed by atoms with Crippen molar-refractivity contribution in [1.82, 2.24) is 19.7 Å². The molecule has 0 unspecified atom stereocenters. The standard InChI is InChI=1S/C24H24N6O3/c1-16-5-3-11-26-22(16)30(19-6-4-12-29(15-19)24(32)33)23(31)18-9-7-17(8-10-18)20-14-27-28(2)21(20)13-25/h3,5,7-11,14,19H,4,6,12,15H2,1-2H3,(H,32,33)/t19-/m1/s1. The second kappa shape index (κ2) is 9.12. The molecule has 1 aliphatic heterocycles. The molecule has 4 rings (SSSR count). The molecule has 9 nitrogen and oxygen atoms in total. The maximum absolute atomic E-state index is 13.7. The average Bonchev–Trinajstić information content (AvgIpc) is 3.21. The molecule has 3 aromatic rings.